The Morgan fingerprint density at radius 3 is 0.919 bits per heavy atom. The van der Waals surface area contributed by atoms with E-state index >= 15 is 0 Å². The van der Waals surface area contributed by atoms with Crippen molar-refractivity contribution in [1.29, 1.82) is 0 Å². The molecule has 0 aliphatic carbocycles. The average Bonchev–Trinajstić information content (AvgIpc) is 3.26. The first-order chi connectivity index (χ1) is 30.3. The summed E-state index contributed by atoms with van der Waals surface area (Å²) in [6.45, 7) is 11.4. The van der Waals surface area contributed by atoms with Crippen LogP contribution < -0.4 is 0 Å². The highest BCUT2D eigenvalue weighted by Crippen LogP contribution is 2.18. The molecule has 0 aliphatic heterocycles. The van der Waals surface area contributed by atoms with Gasteiger partial charge in [-0.25, -0.2) is 0 Å². The third kappa shape index (κ3) is 47.9. The largest absolute Gasteiger partial charge is 0.462 e. The molecule has 0 aliphatic rings. The van der Waals surface area contributed by atoms with E-state index in [1.54, 1.807) is 0 Å². The molecule has 0 fully saturated rings. The van der Waals surface area contributed by atoms with Crippen molar-refractivity contribution in [2.24, 2.45) is 11.8 Å². The number of hydrogen-bond donors (Lipinski definition) is 0. The van der Waals surface area contributed by atoms with E-state index in [0.717, 1.165) is 69.6 Å². The lowest BCUT2D eigenvalue weighted by Crippen LogP contribution is -2.30. The molecule has 62 heavy (non-hydrogen) atoms. The maximum atomic E-state index is 12.8. The van der Waals surface area contributed by atoms with Gasteiger partial charge in [-0.15, -0.1) is 0 Å². The zero-order chi connectivity index (χ0) is 45.4. The fraction of sp³-hybridized carbons (Fsp3) is 0.946. The number of esters is 3. The summed E-state index contributed by atoms with van der Waals surface area (Å²) in [5.74, 6) is 0.877. The third-order valence-corrected chi connectivity index (χ3v) is 13.1. The van der Waals surface area contributed by atoms with E-state index in [9.17, 15) is 14.4 Å². The number of carbonyl (C=O) groups is 3. The highest BCUT2D eigenvalue weighted by atomic mass is 16.6. The highest BCUT2D eigenvalue weighted by Gasteiger charge is 2.19. The van der Waals surface area contributed by atoms with Gasteiger partial charge in [0.05, 0.1) is 0 Å². The minimum absolute atomic E-state index is 0.0631. The van der Waals surface area contributed by atoms with E-state index in [1.807, 2.05) is 0 Å². The van der Waals surface area contributed by atoms with Gasteiger partial charge in [-0.3, -0.25) is 14.4 Å². The Morgan fingerprint density at radius 1 is 0.339 bits per heavy atom. The Labute approximate surface area is 387 Å². The van der Waals surface area contributed by atoms with Gasteiger partial charge < -0.3 is 14.2 Å². The van der Waals surface area contributed by atoms with Crippen LogP contribution in [0.15, 0.2) is 0 Å². The molecule has 1 unspecified atom stereocenters. The number of carbonyl (C=O) groups excluding carboxylic acids is 3. The Hall–Kier alpha value is -1.59. The SMILES string of the molecule is CCCCCCCCCCCCCC(=O)OC[C@H](COC(=O)CCCCCCCCCCCCCCCCCCC(C)C)OC(=O)CCCCCCCCCCCCC(C)CC. The van der Waals surface area contributed by atoms with Crippen molar-refractivity contribution < 1.29 is 28.6 Å². The van der Waals surface area contributed by atoms with Crippen molar-refractivity contribution in [3.05, 3.63) is 0 Å². The van der Waals surface area contributed by atoms with Crippen LogP contribution in [0.5, 0.6) is 0 Å². The third-order valence-electron chi connectivity index (χ3n) is 13.1. The van der Waals surface area contributed by atoms with Crippen LogP contribution in [-0.4, -0.2) is 37.2 Å². The van der Waals surface area contributed by atoms with Crippen molar-refractivity contribution in [2.45, 2.75) is 317 Å². The van der Waals surface area contributed by atoms with E-state index in [0.29, 0.717) is 19.3 Å². The minimum atomic E-state index is -0.762. The van der Waals surface area contributed by atoms with Crippen LogP contribution in [0, 0.1) is 11.8 Å². The summed E-state index contributed by atoms with van der Waals surface area (Å²) < 4.78 is 16.8. The summed E-state index contributed by atoms with van der Waals surface area (Å²) in [6.07, 6.45) is 50.8. The average molecular weight is 877 g/mol. The maximum Gasteiger partial charge on any atom is 0.306 e. The smallest absolute Gasteiger partial charge is 0.306 e. The Balaban J connectivity index is 4.26. The Morgan fingerprint density at radius 2 is 0.613 bits per heavy atom. The van der Waals surface area contributed by atoms with Gasteiger partial charge >= 0.3 is 17.9 Å². The van der Waals surface area contributed by atoms with Gasteiger partial charge in [0.25, 0.3) is 0 Å². The van der Waals surface area contributed by atoms with Gasteiger partial charge in [-0.1, -0.05) is 272 Å². The van der Waals surface area contributed by atoms with Crippen LogP contribution in [0.2, 0.25) is 0 Å². The van der Waals surface area contributed by atoms with Gasteiger partial charge in [0.2, 0.25) is 0 Å². The normalized spacial score (nSPS) is 12.5. The summed E-state index contributed by atoms with van der Waals surface area (Å²) >= 11 is 0. The van der Waals surface area contributed by atoms with E-state index in [-0.39, 0.29) is 31.1 Å². The van der Waals surface area contributed by atoms with Crippen LogP contribution in [-0.2, 0) is 28.6 Å². The molecule has 0 aromatic carbocycles. The van der Waals surface area contributed by atoms with Crippen molar-refractivity contribution in [1.82, 2.24) is 0 Å². The first-order valence-corrected chi connectivity index (χ1v) is 27.8. The maximum absolute atomic E-state index is 12.8. The van der Waals surface area contributed by atoms with Crippen molar-refractivity contribution in [3.8, 4) is 0 Å². The van der Waals surface area contributed by atoms with Gasteiger partial charge in [0.1, 0.15) is 13.2 Å². The molecule has 0 radical (unpaired) electrons. The topological polar surface area (TPSA) is 78.9 Å². The number of rotatable bonds is 50. The quantitative estimate of drug-likeness (QED) is 0.0344. The lowest BCUT2D eigenvalue weighted by molar-refractivity contribution is -0.167. The van der Waals surface area contributed by atoms with Crippen LogP contribution in [0.3, 0.4) is 0 Å². The van der Waals surface area contributed by atoms with E-state index < -0.39 is 6.10 Å². The lowest BCUT2D eigenvalue weighted by atomic mass is 9.99. The molecule has 2 atom stereocenters. The predicted octanol–water partition coefficient (Wildman–Crippen LogP) is 18.1. The van der Waals surface area contributed by atoms with Crippen LogP contribution in [0.25, 0.3) is 0 Å². The summed E-state index contributed by atoms with van der Waals surface area (Å²) in [6, 6.07) is 0. The van der Waals surface area contributed by atoms with E-state index in [2.05, 4.69) is 34.6 Å². The van der Waals surface area contributed by atoms with Crippen LogP contribution in [0.4, 0.5) is 0 Å². The molecule has 0 rings (SSSR count). The summed E-state index contributed by atoms with van der Waals surface area (Å²) in [5.41, 5.74) is 0. The molecule has 0 amide bonds. The van der Waals surface area contributed by atoms with Crippen LogP contribution in [0.1, 0.15) is 311 Å². The van der Waals surface area contributed by atoms with Crippen LogP contribution >= 0.6 is 0 Å². The molecule has 0 aromatic heterocycles. The molecule has 0 bridgehead atoms. The lowest BCUT2D eigenvalue weighted by Gasteiger charge is -2.18. The fourth-order valence-electron chi connectivity index (χ4n) is 8.49. The zero-order valence-electron chi connectivity index (χ0n) is 42.5. The number of unbranched alkanes of at least 4 members (excludes halogenated alkanes) is 34. The summed E-state index contributed by atoms with van der Waals surface area (Å²) in [4.78, 5) is 38.0. The van der Waals surface area contributed by atoms with Gasteiger partial charge in [0, 0.05) is 19.3 Å². The second-order valence-electron chi connectivity index (χ2n) is 19.9. The molecular formula is C56H108O6. The van der Waals surface area contributed by atoms with E-state index in [1.165, 1.54) is 199 Å². The first-order valence-electron chi connectivity index (χ1n) is 27.8. The fourth-order valence-corrected chi connectivity index (χ4v) is 8.49. The van der Waals surface area contributed by atoms with Crippen molar-refractivity contribution in [3.63, 3.8) is 0 Å². The van der Waals surface area contributed by atoms with Crippen molar-refractivity contribution >= 4 is 17.9 Å². The molecule has 0 heterocycles. The van der Waals surface area contributed by atoms with Gasteiger partial charge in [-0.2, -0.15) is 0 Å². The predicted molar refractivity (Wildman–Crippen MR) is 266 cm³/mol. The second kappa shape index (κ2) is 48.9. The molecule has 368 valence electrons. The minimum Gasteiger partial charge on any atom is -0.462 e. The molecule has 0 spiro atoms. The molecule has 6 nitrogen and oxygen atoms in total. The number of hydrogen-bond acceptors (Lipinski definition) is 6. The van der Waals surface area contributed by atoms with Gasteiger partial charge in [-0.05, 0) is 31.1 Å². The first kappa shape index (κ1) is 60.4. The zero-order valence-corrected chi connectivity index (χ0v) is 42.5. The van der Waals surface area contributed by atoms with E-state index in [4.69, 9.17) is 14.2 Å². The number of ether oxygens (including phenoxy) is 3. The second-order valence-corrected chi connectivity index (χ2v) is 19.9. The van der Waals surface area contributed by atoms with Gasteiger partial charge in [0.15, 0.2) is 6.10 Å². The monoisotopic (exact) mass is 877 g/mol. The summed E-state index contributed by atoms with van der Waals surface area (Å²) in [7, 11) is 0. The molecule has 0 aromatic rings. The molecule has 0 N–H and O–H groups in total. The Kier molecular flexibility index (Phi) is 47.6. The van der Waals surface area contributed by atoms with Crippen molar-refractivity contribution in [2.75, 3.05) is 13.2 Å². The Bertz CT molecular complexity index is 949. The molecule has 0 saturated heterocycles. The highest BCUT2D eigenvalue weighted by molar-refractivity contribution is 5.71. The molecule has 0 saturated carbocycles. The standard InChI is InChI=1S/C56H108O6/c1-6-8-9-10-11-12-19-26-31-36-41-46-54(57)60-49-53(62-56(59)48-43-38-33-28-23-22-25-30-35-40-45-52(5)7-2)50-61-55(58)47-42-37-32-27-21-18-16-14-13-15-17-20-24-29-34-39-44-51(3)4/h51-53H,6-50H2,1-5H3/t52?,53-/m1/s1. The molecular weight excluding hydrogens is 769 g/mol. The molecule has 6 heteroatoms. The summed E-state index contributed by atoms with van der Waals surface area (Å²) in [5, 5.41) is 0.